The van der Waals surface area contributed by atoms with Crippen molar-refractivity contribution in [1.82, 2.24) is 0 Å². The molecule has 98 valence electrons. The van der Waals surface area contributed by atoms with Crippen LogP contribution in [0.1, 0.15) is 36.7 Å². The van der Waals surface area contributed by atoms with Gasteiger partial charge in [0.15, 0.2) is 5.78 Å². The molecule has 0 saturated heterocycles. The fourth-order valence-corrected chi connectivity index (χ4v) is 1.52. The Hall–Kier alpha value is -1.35. The summed E-state index contributed by atoms with van der Waals surface area (Å²) in [6, 6.07) is 5.15. The number of hydrogen-bond donors (Lipinski definition) is 1. The number of rotatable bonds is 3. The molecule has 3 nitrogen and oxygen atoms in total. The minimum Gasteiger partial charge on any atom is -0.325 e. The molecule has 0 aliphatic rings. The molecule has 0 atom stereocenters. The van der Waals surface area contributed by atoms with Gasteiger partial charge < -0.3 is 5.32 Å². The van der Waals surface area contributed by atoms with E-state index in [2.05, 4.69) is 5.32 Å². The van der Waals surface area contributed by atoms with Gasteiger partial charge in [-0.3, -0.25) is 9.59 Å². The number of alkyl halides is 1. The largest absolute Gasteiger partial charge is 0.325 e. The van der Waals surface area contributed by atoms with Crippen LogP contribution >= 0.6 is 11.6 Å². The number of nitrogens with one attached hydrogen (secondary N) is 1. The van der Waals surface area contributed by atoms with Crippen molar-refractivity contribution in [3.63, 3.8) is 0 Å². The molecule has 1 N–H and O–H groups in total. The van der Waals surface area contributed by atoms with Crippen LogP contribution in [-0.4, -0.2) is 17.6 Å². The fraction of sp³-hybridized carbons (Fsp3) is 0.429. The number of amides is 1. The van der Waals surface area contributed by atoms with E-state index in [9.17, 15) is 9.59 Å². The van der Waals surface area contributed by atoms with Crippen molar-refractivity contribution in [2.75, 3.05) is 11.2 Å². The maximum atomic E-state index is 11.9. The fourth-order valence-electron chi connectivity index (χ4n) is 1.36. The third-order valence-electron chi connectivity index (χ3n) is 2.60. The monoisotopic (exact) mass is 267 g/mol. The van der Waals surface area contributed by atoms with E-state index in [1.807, 2.05) is 27.7 Å². The molecule has 0 unspecified atom stereocenters. The highest BCUT2D eigenvalue weighted by Crippen LogP contribution is 2.21. The number of carbonyl (C=O) groups is 2. The van der Waals surface area contributed by atoms with Crippen LogP contribution in [0.3, 0.4) is 0 Å². The van der Waals surface area contributed by atoms with Gasteiger partial charge in [0, 0.05) is 16.7 Å². The Morgan fingerprint density at radius 3 is 2.33 bits per heavy atom. The van der Waals surface area contributed by atoms with E-state index in [4.69, 9.17) is 11.6 Å². The Labute approximate surface area is 113 Å². The SMILES string of the molecule is Cc1cc(C(=O)CCl)ccc1NC(=O)C(C)(C)C. The Bertz CT molecular complexity index is 475. The van der Waals surface area contributed by atoms with Crippen LogP contribution in [0.25, 0.3) is 0 Å². The number of anilines is 1. The van der Waals surface area contributed by atoms with E-state index >= 15 is 0 Å². The standard InChI is InChI=1S/C14H18ClNO2/c1-9-7-10(12(17)8-15)5-6-11(9)16-13(18)14(2,3)4/h5-7H,8H2,1-4H3,(H,16,18). The number of carbonyl (C=O) groups excluding carboxylic acids is 2. The normalized spacial score (nSPS) is 11.2. The van der Waals surface area contributed by atoms with Crippen molar-refractivity contribution < 1.29 is 9.59 Å². The van der Waals surface area contributed by atoms with Gasteiger partial charge in [-0.1, -0.05) is 20.8 Å². The van der Waals surface area contributed by atoms with Crippen molar-refractivity contribution in [3.05, 3.63) is 29.3 Å². The Balaban J connectivity index is 2.94. The van der Waals surface area contributed by atoms with Crippen molar-refractivity contribution in [2.45, 2.75) is 27.7 Å². The third kappa shape index (κ3) is 3.57. The number of Topliss-reactive ketones (excluding diaryl/α,β-unsaturated/α-hetero) is 1. The Morgan fingerprint density at radius 1 is 1.28 bits per heavy atom. The van der Waals surface area contributed by atoms with Crippen LogP contribution in [0.2, 0.25) is 0 Å². The summed E-state index contributed by atoms with van der Waals surface area (Å²) in [4.78, 5) is 23.3. The second kappa shape index (κ2) is 5.53. The van der Waals surface area contributed by atoms with E-state index in [-0.39, 0.29) is 17.6 Å². The van der Waals surface area contributed by atoms with Gasteiger partial charge in [0.2, 0.25) is 5.91 Å². The molecule has 0 bridgehead atoms. The lowest BCUT2D eigenvalue weighted by Crippen LogP contribution is -2.27. The minimum atomic E-state index is -0.447. The average Bonchev–Trinajstić information content (AvgIpc) is 2.29. The first kappa shape index (κ1) is 14.7. The molecule has 0 radical (unpaired) electrons. The average molecular weight is 268 g/mol. The third-order valence-corrected chi connectivity index (χ3v) is 2.84. The minimum absolute atomic E-state index is 0.0346. The number of hydrogen-bond acceptors (Lipinski definition) is 2. The lowest BCUT2D eigenvalue weighted by molar-refractivity contribution is -0.123. The molecule has 18 heavy (non-hydrogen) atoms. The molecule has 0 aliphatic carbocycles. The predicted octanol–water partition coefficient (Wildman–Crippen LogP) is 3.40. The summed E-state index contributed by atoms with van der Waals surface area (Å²) in [6.07, 6.45) is 0. The highest BCUT2D eigenvalue weighted by atomic mass is 35.5. The van der Waals surface area contributed by atoms with Gasteiger partial charge in [-0.2, -0.15) is 0 Å². The van der Waals surface area contributed by atoms with Gasteiger partial charge in [0.1, 0.15) is 0 Å². The molecule has 0 fully saturated rings. The molecule has 0 saturated carbocycles. The lowest BCUT2D eigenvalue weighted by atomic mass is 9.95. The van der Waals surface area contributed by atoms with Crippen LogP contribution in [0.15, 0.2) is 18.2 Å². The maximum Gasteiger partial charge on any atom is 0.229 e. The molecule has 1 rings (SSSR count). The van der Waals surface area contributed by atoms with Gasteiger partial charge in [-0.15, -0.1) is 11.6 Å². The highest BCUT2D eigenvalue weighted by molar-refractivity contribution is 6.30. The molecule has 0 heterocycles. The van der Waals surface area contributed by atoms with Gasteiger partial charge in [0.25, 0.3) is 0 Å². The summed E-state index contributed by atoms with van der Waals surface area (Å²) in [5.41, 5.74) is 1.69. The van der Waals surface area contributed by atoms with E-state index in [0.717, 1.165) is 11.3 Å². The van der Waals surface area contributed by atoms with Gasteiger partial charge in [0.05, 0.1) is 5.88 Å². The topological polar surface area (TPSA) is 46.2 Å². The number of ketones is 1. The summed E-state index contributed by atoms with van der Waals surface area (Å²) < 4.78 is 0. The molecular weight excluding hydrogens is 250 g/mol. The summed E-state index contributed by atoms with van der Waals surface area (Å²) in [5.74, 6) is -0.205. The van der Waals surface area contributed by atoms with E-state index in [1.165, 1.54) is 0 Å². The molecule has 4 heteroatoms. The zero-order valence-corrected chi connectivity index (χ0v) is 11.9. The first-order chi connectivity index (χ1) is 8.25. The number of benzene rings is 1. The van der Waals surface area contributed by atoms with Gasteiger partial charge in [-0.05, 0) is 30.7 Å². The molecule has 1 amide bonds. The lowest BCUT2D eigenvalue weighted by Gasteiger charge is -2.19. The smallest absolute Gasteiger partial charge is 0.229 e. The highest BCUT2D eigenvalue weighted by Gasteiger charge is 2.21. The van der Waals surface area contributed by atoms with Crippen molar-refractivity contribution in [1.29, 1.82) is 0 Å². The molecule has 0 spiro atoms. The molecule has 1 aromatic carbocycles. The van der Waals surface area contributed by atoms with Crippen molar-refractivity contribution >= 4 is 29.0 Å². The molecular formula is C14H18ClNO2. The zero-order chi connectivity index (χ0) is 13.9. The van der Waals surface area contributed by atoms with Gasteiger partial charge in [-0.25, -0.2) is 0 Å². The van der Waals surface area contributed by atoms with Crippen LogP contribution in [-0.2, 0) is 4.79 Å². The maximum absolute atomic E-state index is 11.9. The summed E-state index contributed by atoms with van der Waals surface area (Å²) in [7, 11) is 0. The van der Waals surface area contributed by atoms with Crippen LogP contribution in [0.5, 0.6) is 0 Å². The summed E-state index contributed by atoms with van der Waals surface area (Å²) >= 11 is 5.50. The quantitative estimate of drug-likeness (QED) is 0.674. The molecule has 0 aromatic heterocycles. The van der Waals surface area contributed by atoms with Crippen molar-refractivity contribution in [2.24, 2.45) is 5.41 Å². The summed E-state index contributed by atoms with van der Waals surface area (Å²) in [5, 5.41) is 2.85. The van der Waals surface area contributed by atoms with Gasteiger partial charge >= 0.3 is 0 Å². The first-order valence-corrected chi connectivity index (χ1v) is 6.30. The molecule has 1 aromatic rings. The van der Waals surface area contributed by atoms with E-state index in [0.29, 0.717) is 5.56 Å². The second-order valence-corrected chi connectivity index (χ2v) is 5.56. The molecule has 0 aliphatic heterocycles. The number of halogens is 1. The summed E-state index contributed by atoms with van der Waals surface area (Å²) in [6.45, 7) is 7.40. The Kier molecular flexibility index (Phi) is 4.52. The number of aryl methyl sites for hydroxylation is 1. The Morgan fingerprint density at radius 2 is 1.89 bits per heavy atom. The first-order valence-electron chi connectivity index (χ1n) is 5.77. The van der Waals surface area contributed by atoms with Crippen LogP contribution in [0, 0.1) is 12.3 Å². The van der Waals surface area contributed by atoms with Crippen molar-refractivity contribution in [3.8, 4) is 0 Å². The van der Waals surface area contributed by atoms with E-state index < -0.39 is 5.41 Å². The van der Waals surface area contributed by atoms with Crippen LogP contribution in [0.4, 0.5) is 5.69 Å². The predicted molar refractivity (Wildman–Crippen MR) is 74.3 cm³/mol. The van der Waals surface area contributed by atoms with Crippen LogP contribution < -0.4 is 5.32 Å². The zero-order valence-electron chi connectivity index (χ0n) is 11.1. The second-order valence-electron chi connectivity index (χ2n) is 5.29. The van der Waals surface area contributed by atoms with E-state index in [1.54, 1.807) is 18.2 Å².